The van der Waals surface area contributed by atoms with Crippen molar-refractivity contribution in [2.45, 2.75) is 93.0 Å². The standard InChI is InChI=1S/C14H17NO4.C13H15NO5.C12H15NO4.6CH4/c1-8(9(2)14(18)19)13(17)15-12-6-4-11(5-7-12)10(3)16;1-7(8(2)12(16)17)11(15)14-10-5-3-9(4-6-10)13(18)19;1-7(8(2)12(16)17)11(15)13-9-5-3-4-6-10(9)14;;;;;;/h4-9H,1-3H3,(H,15,17)(H,18,19);3-8H,1-2H3,(H,14,15)(H,16,17)(H,18,19);3-8,14H,1-2H3,(H,13,15)(H,16,17);6*1H4. The molecule has 344 valence electrons. The number of carbonyl (C=O) groups is 8. The summed E-state index contributed by atoms with van der Waals surface area (Å²) in [5.74, 6) is -9.73. The summed E-state index contributed by atoms with van der Waals surface area (Å²) in [6.07, 6.45) is 0. The lowest BCUT2D eigenvalue weighted by Gasteiger charge is -2.16. The highest BCUT2D eigenvalue weighted by Gasteiger charge is 2.28. The van der Waals surface area contributed by atoms with E-state index in [1.54, 1.807) is 49.4 Å². The van der Waals surface area contributed by atoms with Crippen LogP contribution in [0.4, 0.5) is 17.1 Å². The average molecular weight is 862 g/mol. The highest BCUT2D eigenvalue weighted by Crippen LogP contribution is 2.23. The second-order valence-corrected chi connectivity index (χ2v) is 12.7. The molecule has 0 saturated heterocycles. The molecule has 3 rings (SSSR count). The number of para-hydroxylation sites is 2. The van der Waals surface area contributed by atoms with Crippen molar-refractivity contribution in [2.75, 3.05) is 16.0 Å². The van der Waals surface area contributed by atoms with Crippen LogP contribution < -0.4 is 16.0 Å². The van der Waals surface area contributed by atoms with E-state index in [0.29, 0.717) is 16.9 Å². The summed E-state index contributed by atoms with van der Waals surface area (Å²) in [6.45, 7) is 10.5. The van der Waals surface area contributed by atoms with Gasteiger partial charge in [-0.1, -0.05) is 98.2 Å². The van der Waals surface area contributed by atoms with Crippen molar-refractivity contribution in [3.05, 3.63) is 83.9 Å². The molecule has 0 bridgehead atoms. The van der Waals surface area contributed by atoms with Gasteiger partial charge in [0.2, 0.25) is 17.7 Å². The molecule has 0 spiro atoms. The quantitative estimate of drug-likeness (QED) is 0.0555. The molecule has 3 aromatic carbocycles. The number of ketones is 1. The summed E-state index contributed by atoms with van der Waals surface area (Å²) in [4.78, 5) is 89.4. The lowest BCUT2D eigenvalue weighted by Crippen LogP contribution is -2.29. The van der Waals surface area contributed by atoms with Crippen LogP contribution in [0.1, 0.15) is 114 Å². The SMILES string of the molecule is C.C.C.C.C.C.CC(=O)c1ccc(NC(=O)C(C)C(C)C(=O)O)cc1.CC(C(=O)O)C(C)C(=O)Nc1ccc(C(=O)O)cc1.CC(C(=O)O)C(C)C(=O)Nc1ccccc1O. The first-order valence-corrected chi connectivity index (χ1v) is 16.9. The average Bonchev–Trinajstić information content (AvgIpc) is 3.14. The van der Waals surface area contributed by atoms with Gasteiger partial charge in [0.25, 0.3) is 0 Å². The summed E-state index contributed by atoms with van der Waals surface area (Å²) < 4.78 is 0. The van der Waals surface area contributed by atoms with Gasteiger partial charge in [-0.2, -0.15) is 0 Å². The van der Waals surface area contributed by atoms with Gasteiger partial charge < -0.3 is 41.5 Å². The number of benzene rings is 3. The molecule has 16 heteroatoms. The molecule has 0 aromatic heterocycles. The first-order valence-electron chi connectivity index (χ1n) is 16.9. The Hall–Kier alpha value is -6.58. The lowest BCUT2D eigenvalue weighted by molar-refractivity contribution is -0.145. The van der Waals surface area contributed by atoms with E-state index in [1.807, 2.05) is 0 Å². The number of phenols is 1. The number of phenolic OH excluding ortho intramolecular Hbond substituents is 1. The Morgan fingerprint density at radius 2 is 0.721 bits per heavy atom. The van der Waals surface area contributed by atoms with E-state index in [4.69, 9.17) is 20.4 Å². The molecule has 6 atom stereocenters. The molecule has 61 heavy (non-hydrogen) atoms. The second-order valence-electron chi connectivity index (χ2n) is 12.7. The van der Waals surface area contributed by atoms with Gasteiger partial charge in [0, 0.05) is 34.7 Å². The number of hydrogen-bond acceptors (Lipinski definition) is 9. The Bertz CT molecular complexity index is 1750. The number of amides is 3. The van der Waals surface area contributed by atoms with Gasteiger partial charge in [-0.05, 0) is 67.6 Å². The third kappa shape index (κ3) is 21.8. The number of nitrogens with one attached hydrogen (secondary N) is 3. The summed E-state index contributed by atoms with van der Waals surface area (Å²) in [5, 5.41) is 52.3. The normalized spacial score (nSPS) is 12.2. The van der Waals surface area contributed by atoms with Crippen molar-refractivity contribution in [1.29, 1.82) is 0 Å². The number of aromatic hydroxyl groups is 1. The Kier molecular flexibility index (Phi) is 34.1. The highest BCUT2D eigenvalue weighted by atomic mass is 16.4. The number of anilines is 3. The molecule has 0 heterocycles. The molecule has 0 radical (unpaired) electrons. The van der Waals surface area contributed by atoms with E-state index in [-0.39, 0.29) is 73.3 Å². The molecule has 3 amide bonds. The van der Waals surface area contributed by atoms with E-state index in [1.165, 1.54) is 71.9 Å². The number of carbonyl (C=O) groups excluding carboxylic acids is 4. The summed E-state index contributed by atoms with van der Waals surface area (Å²) in [5.41, 5.74) is 1.93. The first kappa shape index (κ1) is 66.2. The Labute approximate surface area is 361 Å². The van der Waals surface area contributed by atoms with Crippen LogP contribution in [0.3, 0.4) is 0 Å². The number of carboxylic acid groups (broad SMARTS) is 4. The molecule has 0 saturated carbocycles. The van der Waals surface area contributed by atoms with Crippen molar-refractivity contribution in [3.63, 3.8) is 0 Å². The van der Waals surface area contributed by atoms with Crippen molar-refractivity contribution in [1.82, 2.24) is 0 Å². The first-order chi connectivity index (χ1) is 25.6. The van der Waals surface area contributed by atoms with Crippen molar-refractivity contribution in [3.8, 4) is 5.75 Å². The van der Waals surface area contributed by atoms with Gasteiger partial charge in [0.1, 0.15) is 5.75 Å². The number of aromatic carboxylic acids is 1. The molecule has 8 N–H and O–H groups in total. The van der Waals surface area contributed by atoms with Crippen LogP contribution in [0.2, 0.25) is 0 Å². The van der Waals surface area contributed by atoms with E-state index in [2.05, 4.69) is 16.0 Å². The second kappa shape index (κ2) is 31.4. The van der Waals surface area contributed by atoms with Gasteiger partial charge in [0.15, 0.2) is 5.78 Å². The number of hydrogen-bond donors (Lipinski definition) is 8. The van der Waals surface area contributed by atoms with Gasteiger partial charge in [-0.3, -0.25) is 33.6 Å². The van der Waals surface area contributed by atoms with Gasteiger partial charge >= 0.3 is 23.9 Å². The predicted octanol–water partition coefficient (Wildman–Crippen LogP) is 9.37. The van der Waals surface area contributed by atoms with Crippen LogP contribution in [-0.4, -0.2) is 72.9 Å². The predicted molar refractivity (Wildman–Crippen MR) is 242 cm³/mol. The minimum Gasteiger partial charge on any atom is -0.506 e. The maximum absolute atomic E-state index is 11.8. The zero-order valence-corrected chi connectivity index (χ0v) is 31.4. The highest BCUT2D eigenvalue weighted by molar-refractivity contribution is 5.98. The topological polar surface area (TPSA) is 274 Å². The zero-order chi connectivity index (χ0) is 42.2. The number of aliphatic carboxylic acids is 3. The number of rotatable bonds is 14. The van der Waals surface area contributed by atoms with Gasteiger partial charge in [-0.15, -0.1) is 0 Å². The van der Waals surface area contributed by atoms with Crippen molar-refractivity contribution >= 4 is 64.4 Å². The van der Waals surface area contributed by atoms with E-state index < -0.39 is 71.2 Å². The van der Waals surface area contributed by atoms with Gasteiger partial charge in [0.05, 0.1) is 29.0 Å². The van der Waals surface area contributed by atoms with Crippen LogP contribution in [0, 0.1) is 35.5 Å². The fourth-order valence-corrected chi connectivity index (χ4v) is 4.15. The fourth-order valence-electron chi connectivity index (χ4n) is 4.15. The summed E-state index contributed by atoms with van der Waals surface area (Å²) >= 11 is 0. The minimum absolute atomic E-state index is 0. The van der Waals surface area contributed by atoms with Crippen LogP contribution in [0.5, 0.6) is 5.75 Å². The Balaban J connectivity index is -0.000000178. The lowest BCUT2D eigenvalue weighted by atomic mass is 9.95. The summed E-state index contributed by atoms with van der Waals surface area (Å²) in [6, 6.07) is 18.4. The number of Topliss-reactive ketones (excluding diaryl/α,β-unsaturated/α-hetero) is 1. The van der Waals surface area contributed by atoms with Crippen LogP contribution in [-0.2, 0) is 28.8 Å². The largest absolute Gasteiger partial charge is 0.506 e. The molecule has 0 aliphatic rings. The Morgan fingerprint density at radius 1 is 0.426 bits per heavy atom. The maximum atomic E-state index is 11.8. The van der Waals surface area contributed by atoms with Crippen molar-refractivity contribution in [2.24, 2.45) is 35.5 Å². The molecular formula is C45H71N3O13. The summed E-state index contributed by atoms with van der Waals surface area (Å²) in [7, 11) is 0. The smallest absolute Gasteiger partial charge is 0.335 e. The molecule has 0 aliphatic heterocycles. The molecule has 3 aromatic rings. The van der Waals surface area contributed by atoms with Crippen LogP contribution in [0.25, 0.3) is 0 Å². The van der Waals surface area contributed by atoms with Crippen molar-refractivity contribution < 1.29 is 63.9 Å². The van der Waals surface area contributed by atoms with E-state index in [9.17, 15) is 43.5 Å². The molecule has 0 fully saturated rings. The molecular weight excluding hydrogens is 791 g/mol. The number of carboxylic acids is 4. The monoisotopic (exact) mass is 861 g/mol. The molecule has 16 nitrogen and oxygen atoms in total. The third-order valence-electron chi connectivity index (χ3n) is 8.78. The van der Waals surface area contributed by atoms with Gasteiger partial charge in [-0.25, -0.2) is 4.79 Å². The Morgan fingerprint density at radius 3 is 1.00 bits per heavy atom. The van der Waals surface area contributed by atoms with E-state index in [0.717, 1.165) is 0 Å². The van der Waals surface area contributed by atoms with Crippen LogP contribution in [0.15, 0.2) is 72.8 Å². The molecule has 0 aliphatic carbocycles. The van der Waals surface area contributed by atoms with Crippen LogP contribution >= 0.6 is 0 Å². The fraction of sp³-hybridized carbons (Fsp3) is 0.422. The minimum atomic E-state index is -1.05. The third-order valence-corrected chi connectivity index (χ3v) is 8.78. The maximum Gasteiger partial charge on any atom is 0.335 e. The zero-order valence-electron chi connectivity index (χ0n) is 31.4. The van der Waals surface area contributed by atoms with E-state index >= 15 is 0 Å². The molecule has 6 unspecified atom stereocenters.